The van der Waals surface area contributed by atoms with Crippen molar-refractivity contribution in [3.8, 4) is 0 Å². The molecule has 1 N–H and O–H groups in total. The Balaban J connectivity index is 3.24. The van der Waals surface area contributed by atoms with Gasteiger partial charge in [-0.25, -0.2) is 21.9 Å². The molecule has 1 aromatic carbocycles. The number of aryl methyl sites for hydroxylation is 1. The zero-order valence-electron chi connectivity index (χ0n) is 13.5. The van der Waals surface area contributed by atoms with E-state index in [2.05, 4.69) is 5.32 Å². The Kier molecular flexibility index (Phi) is 5.19. The molecular formula is C14H21FN2O4S. The van der Waals surface area contributed by atoms with Crippen molar-refractivity contribution >= 4 is 21.8 Å². The molecule has 0 aliphatic heterocycles. The van der Waals surface area contributed by atoms with E-state index < -0.39 is 32.4 Å². The summed E-state index contributed by atoms with van der Waals surface area (Å²) in [5, 5.41) is 2.23. The van der Waals surface area contributed by atoms with Crippen molar-refractivity contribution in [2.75, 3.05) is 19.4 Å². The average Bonchev–Trinajstić information content (AvgIpc) is 2.30. The Morgan fingerprint density at radius 2 is 1.82 bits per heavy atom. The van der Waals surface area contributed by atoms with Crippen LogP contribution in [0.1, 0.15) is 26.3 Å². The fourth-order valence-corrected chi connectivity index (χ4v) is 2.84. The maximum atomic E-state index is 14.5. The number of benzene rings is 1. The molecule has 124 valence electrons. The number of nitrogens with zero attached hydrogens (tertiary/aromatic N) is 1. The fraction of sp³-hybridized carbons (Fsp3) is 0.500. The van der Waals surface area contributed by atoms with E-state index in [9.17, 15) is 17.6 Å². The van der Waals surface area contributed by atoms with Gasteiger partial charge in [0.2, 0.25) is 10.0 Å². The zero-order valence-corrected chi connectivity index (χ0v) is 14.3. The van der Waals surface area contributed by atoms with Gasteiger partial charge in [-0.15, -0.1) is 0 Å². The Morgan fingerprint density at radius 1 is 1.27 bits per heavy atom. The van der Waals surface area contributed by atoms with Crippen LogP contribution in [0.2, 0.25) is 0 Å². The number of sulfonamides is 1. The summed E-state index contributed by atoms with van der Waals surface area (Å²) in [6, 6.07) is 2.72. The van der Waals surface area contributed by atoms with Gasteiger partial charge in [-0.1, -0.05) is 6.07 Å². The summed E-state index contributed by atoms with van der Waals surface area (Å²) in [7, 11) is -1.35. The molecule has 0 aliphatic carbocycles. The first kappa shape index (κ1) is 18.4. The lowest BCUT2D eigenvalue weighted by Gasteiger charge is -2.20. The summed E-state index contributed by atoms with van der Waals surface area (Å²) < 4.78 is 44.8. The molecule has 0 spiro atoms. The van der Waals surface area contributed by atoms with Crippen molar-refractivity contribution in [2.24, 2.45) is 0 Å². The number of carbonyl (C=O) groups excluding carboxylic acids is 1. The topological polar surface area (TPSA) is 75.7 Å². The molecule has 0 fully saturated rings. The minimum Gasteiger partial charge on any atom is -0.444 e. The van der Waals surface area contributed by atoms with Gasteiger partial charge < -0.3 is 4.74 Å². The standard InChI is InChI=1S/C14H21FN2O4S/c1-9-7-8-10(16-13(18)21-14(2,3)4)11(15)12(9)22(19,20)17(5)6/h7-8H,1-6H3,(H,16,18). The summed E-state index contributed by atoms with van der Waals surface area (Å²) in [6.07, 6.45) is -0.858. The second-order valence-electron chi connectivity index (χ2n) is 5.99. The Bertz CT molecular complexity index is 679. The van der Waals surface area contributed by atoms with Crippen LogP contribution in [0.25, 0.3) is 0 Å². The molecule has 8 heteroatoms. The van der Waals surface area contributed by atoms with E-state index in [4.69, 9.17) is 4.74 Å². The van der Waals surface area contributed by atoms with Gasteiger partial charge in [-0.2, -0.15) is 0 Å². The van der Waals surface area contributed by atoms with Gasteiger partial charge in [-0.05, 0) is 39.3 Å². The van der Waals surface area contributed by atoms with Crippen LogP contribution in [0, 0.1) is 12.7 Å². The molecule has 22 heavy (non-hydrogen) atoms. The Hall–Kier alpha value is -1.67. The molecule has 0 aliphatic rings. The number of anilines is 1. The van der Waals surface area contributed by atoms with Crippen LogP contribution in [0.4, 0.5) is 14.9 Å². The van der Waals surface area contributed by atoms with E-state index in [0.717, 1.165) is 4.31 Å². The van der Waals surface area contributed by atoms with Crippen molar-refractivity contribution in [1.82, 2.24) is 4.31 Å². The summed E-state index contributed by atoms with van der Waals surface area (Å²) in [6.45, 7) is 6.48. The van der Waals surface area contributed by atoms with Gasteiger partial charge in [0.05, 0.1) is 5.69 Å². The number of ether oxygens (including phenoxy) is 1. The predicted octanol–water partition coefficient (Wildman–Crippen LogP) is 2.73. The van der Waals surface area contributed by atoms with Gasteiger partial charge in [0.15, 0.2) is 5.82 Å². The minimum atomic E-state index is -3.97. The third-order valence-electron chi connectivity index (χ3n) is 2.67. The van der Waals surface area contributed by atoms with E-state index in [-0.39, 0.29) is 11.3 Å². The van der Waals surface area contributed by atoms with Crippen LogP contribution >= 0.6 is 0 Å². The normalized spacial score (nSPS) is 12.4. The molecule has 1 rings (SSSR count). The monoisotopic (exact) mass is 332 g/mol. The smallest absolute Gasteiger partial charge is 0.412 e. The van der Waals surface area contributed by atoms with Crippen LogP contribution in [0.3, 0.4) is 0 Å². The number of halogens is 1. The van der Waals surface area contributed by atoms with Gasteiger partial charge in [0, 0.05) is 14.1 Å². The number of hydrogen-bond acceptors (Lipinski definition) is 4. The molecule has 0 heterocycles. The summed E-state index contributed by atoms with van der Waals surface area (Å²) in [5.41, 5.74) is -0.745. The SMILES string of the molecule is Cc1ccc(NC(=O)OC(C)(C)C)c(F)c1S(=O)(=O)N(C)C. The van der Waals surface area contributed by atoms with Crippen molar-refractivity contribution in [3.63, 3.8) is 0 Å². The molecule has 0 bridgehead atoms. The van der Waals surface area contributed by atoms with Gasteiger partial charge >= 0.3 is 6.09 Å². The number of rotatable bonds is 3. The summed E-state index contributed by atoms with van der Waals surface area (Å²) in [4.78, 5) is 11.2. The molecule has 0 radical (unpaired) electrons. The zero-order chi connectivity index (χ0) is 17.3. The maximum Gasteiger partial charge on any atom is 0.412 e. The lowest BCUT2D eigenvalue weighted by atomic mass is 10.2. The Morgan fingerprint density at radius 3 is 2.27 bits per heavy atom. The lowest BCUT2D eigenvalue weighted by Crippen LogP contribution is -2.28. The molecule has 0 saturated carbocycles. The number of amides is 1. The molecule has 0 aromatic heterocycles. The van der Waals surface area contributed by atoms with Gasteiger partial charge in [0.1, 0.15) is 10.5 Å². The van der Waals surface area contributed by atoms with E-state index in [1.54, 1.807) is 20.8 Å². The van der Waals surface area contributed by atoms with Crippen LogP contribution in [0.15, 0.2) is 17.0 Å². The Labute approximate surface area is 130 Å². The van der Waals surface area contributed by atoms with Crippen molar-refractivity contribution < 1.29 is 22.3 Å². The fourth-order valence-electron chi connectivity index (χ4n) is 1.66. The highest BCUT2D eigenvalue weighted by Crippen LogP contribution is 2.27. The number of carbonyl (C=O) groups is 1. The average molecular weight is 332 g/mol. The van der Waals surface area contributed by atoms with E-state index in [1.807, 2.05) is 0 Å². The largest absolute Gasteiger partial charge is 0.444 e. The predicted molar refractivity (Wildman–Crippen MR) is 81.9 cm³/mol. The molecule has 1 amide bonds. The quantitative estimate of drug-likeness (QED) is 0.923. The second kappa shape index (κ2) is 6.21. The highest BCUT2D eigenvalue weighted by molar-refractivity contribution is 7.89. The second-order valence-corrected chi connectivity index (χ2v) is 8.08. The van der Waals surface area contributed by atoms with Crippen molar-refractivity contribution in [2.45, 2.75) is 38.2 Å². The highest BCUT2D eigenvalue weighted by Gasteiger charge is 2.27. The summed E-state index contributed by atoms with van der Waals surface area (Å²) >= 11 is 0. The first-order valence-corrected chi connectivity index (χ1v) is 8.02. The third kappa shape index (κ3) is 4.17. The highest BCUT2D eigenvalue weighted by atomic mass is 32.2. The van der Waals surface area contributed by atoms with Crippen LogP contribution in [-0.4, -0.2) is 38.5 Å². The van der Waals surface area contributed by atoms with Crippen LogP contribution in [-0.2, 0) is 14.8 Å². The lowest BCUT2D eigenvalue weighted by molar-refractivity contribution is 0.0635. The molecule has 0 unspecified atom stereocenters. The van der Waals surface area contributed by atoms with Gasteiger partial charge in [0.25, 0.3) is 0 Å². The first-order valence-electron chi connectivity index (χ1n) is 6.58. The molecule has 1 aromatic rings. The van der Waals surface area contributed by atoms with Gasteiger partial charge in [-0.3, -0.25) is 5.32 Å². The van der Waals surface area contributed by atoms with E-state index in [0.29, 0.717) is 0 Å². The molecule has 0 atom stereocenters. The van der Waals surface area contributed by atoms with E-state index in [1.165, 1.54) is 33.2 Å². The van der Waals surface area contributed by atoms with Crippen molar-refractivity contribution in [1.29, 1.82) is 0 Å². The van der Waals surface area contributed by atoms with Crippen LogP contribution < -0.4 is 5.32 Å². The number of nitrogens with one attached hydrogen (secondary N) is 1. The summed E-state index contributed by atoms with van der Waals surface area (Å²) in [5.74, 6) is -1.01. The molecule has 6 nitrogen and oxygen atoms in total. The maximum absolute atomic E-state index is 14.5. The molecular weight excluding hydrogens is 311 g/mol. The van der Waals surface area contributed by atoms with E-state index >= 15 is 0 Å². The third-order valence-corrected chi connectivity index (χ3v) is 4.65. The minimum absolute atomic E-state index is 0.250. The molecule has 0 saturated heterocycles. The first-order chi connectivity index (χ1) is 9.86. The van der Waals surface area contributed by atoms with Crippen LogP contribution in [0.5, 0.6) is 0 Å². The van der Waals surface area contributed by atoms with Crippen molar-refractivity contribution in [3.05, 3.63) is 23.5 Å². The number of hydrogen-bond donors (Lipinski definition) is 1.